The van der Waals surface area contributed by atoms with Crippen LogP contribution >= 0.6 is 0 Å². The highest BCUT2D eigenvalue weighted by atomic mass is 16.5. The average Bonchev–Trinajstić information content (AvgIpc) is 3.15. The lowest BCUT2D eigenvalue weighted by atomic mass is 9.99. The first-order valence-electron chi connectivity index (χ1n) is 14.1. The number of nitrogens with one attached hydrogen (secondary N) is 2. The third kappa shape index (κ3) is 5.85. The summed E-state index contributed by atoms with van der Waals surface area (Å²) in [5, 5.41) is 7.87. The van der Waals surface area contributed by atoms with Gasteiger partial charge in [0.05, 0.1) is 43.2 Å². The minimum Gasteiger partial charge on any atom is -0.465 e. The summed E-state index contributed by atoms with van der Waals surface area (Å²) in [5.74, 6) is -1.57. The summed E-state index contributed by atoms with van der Waals surface area (Å²) in [4.78, 5) is 56.6. The second-order valence-corrected chi connectivity index (χ2v) is 10.6. The molecule has 0 aromatic heterocycles. The maximum Gasteiger partial charge on any atom is 0.337 e. The van der Waals surface area contributed by atoms with Crippen molar-refractivity contribution in [1.29, 1.82) is 0 Å². The number of likely N-dealkylation sites (N-methyl/N-ethyl adjacent to an activating group) is 1. The first-order valence-corrected chi connectivity index (χ1v) is 14.1. The zero-order valence-corrected chi connectivity index (χ0v) is 24.6. The van der Waals surface area contributed by atoms with E-state index in [0.29, 0.717) is 22.5 Å². The smallest absolute Gasteiger partial charge is 0.337 e. The van der Waals surface area contributed by atoms with E-state index in [1.165, 1.54) is 24.1 Å². The number of hydrogen-bond acceptors (Lipinski definition) is 6. The molecule has 3 amide bonds. The Bertz CT molecular complexity index is 1700. The molecule has 43 heavy (non-hydrogen) atoms. The monoisotopic (exact) mass is 578 g/mol. The summed E-state index contributed by atoms with van der Waals surface area (Å²) < 4.78 is 4.78. The molecule has 2 atom stereocenters. The molecule has 0 bridgehead atoms. The van der Waals surface area contributed by atoms with Crippen LogP contribution in [0.3, 0.4) is 0 Å². The van der Waals surface area contributed by atoms with E-state index in [1.54, 1.807) is 37.1 Å². The molecule has 0 radical (unpaired) electrons. The number of aryl methyl sites for hydroxylation is 1. The van der Waals surface area contributed by atoms with Gasteiger partial charge < -0.3 is 25.2 Å². The standard InChI is InChI=1S/C34H34N4O5/c1-21-13-14-23-9-5-6-10-26(23)27(21)19-37-29-11-7-8-12-30(29)38(20-28(33(37)41)36-31(39)22(2)35-3)32(40)24-15-17-25(18-16-24)34(42)43-4/h5-18,22,28,35H,19-20H2,1-4H3,(H,36,39). The Hall–Kier alpha value is -5.02. The number of hydrogen-bond donors (Lipinski definition) is 2. The normalized spacial score (nSPS) is 15.4. The second-order valence-electron chi connectivity index (χ2n) is 10.6. The van der Waals surface area contributed by atoms with Crippen molar-refractivity contribution < 1.29 is 23.9 Å². The van der Waals surface area contributed by atoms with Gasteiger partial charge in [0.2, 0.25) is 5.91 Å². The number of amides is 3. The summed E-state index contributed by atoms with van der Waals surface area (Å²) in [6.07, 6.45) is 0. The van der Waals surface area contributed by atoms with E-state index in [1.807, 2.05) is 55.5 Å². The van der Waals surface area contributed by atoms with Gasteiger partial charge in [-0.25, -0.2) is 4.79 Å². The molecule has 1 heterocycles. The highest BCUT2D eigenvalue weighted by Gasteiger charge is 2.38. The Kier molecular flexibility index (Phi) is 8.54. The number of nitrogens with zero attached hydrogens (tertiary/aromatic N) is 2. The summed E-state index contributed by atoms with van der Waals surface area (Å²) in [7, 11) is 2.96. The van der Waals surface area contributed by atoms with Crippen LogP contribution in [0.5, 0.6) is 0 Å². The van der Waals surface area contributed by atoms with Crippen LogP contribution in [0.4, 0.5) is 11.4 Å². The Morgan fingerprint density at radius 2 is 1.56 bits per heavy atom. The molecule has 9 heteroatoms. The van der Waals surface area contributed by atoms with E-state index in [2.05, 4.69) is 16.7 Å². The Morgan fingerprint density at radius 3 is 2.26 bits per heavy atom. The first kappa shape index (κ1) is 29.5. The number of rotatable bonds is 7. The molecule has 0 saturated carbocycles. The van der Waals surface area contributed by atoms with Crippen molar-refractivity contribution in [3.8, 4) is 0 Å². The number of ether oxygens (including phenoxy) is 1. The Balaban J connectivity index is 1.61. The van der Waals surface area contributed by atoms with Crippen LogP contribution in [0.15, 0.2) is 84.9 Å². The molecule has 1 aliphatic rings. The van der Waals surface area contributed by atoms with Gasteiger partial charge >= 0.3 is 5.97 Å². The van der Waals surface area contributed by atoms with Crippen molar-refractivity contribution in [1.82, 2.24) is 10.6 Å². The molecule has 2 unspecified atom stereocenters. The lowest BCUT2D eigenvalue weighted by Crippen LogP contribution is -2.55. The van der Waals surface area contributed by atoms with Crippen LogP contribution in [0.2, 0.25) is 0 Å². The van der Waals surface area contributed by atoms with Crippen molar-refractivity contribution in [2.24, 2.45) is 0 Å². The summed E-state index contributed by atoms with van der Waals surface area (Å²) in [5.41, 5.74) is 3.73. The number of fused-ring (bicyclic) bond motifs is 2. The molecular formula is C34H34N4O5. The van der Waals surface area contributed by atoms with Crippen LogP contribution in [-0.2, 0) is 20.9 Å². The van der Waals surface area contributed by atoms with Gasteiger partial charge in [0.25, 0.3) is 11.8 Å². The molecule has 0 fully saturated rings. The van der Waals surface area contributed by atoms with Crippen molar-refractivity contribution in [2.45, 2.75) is 32.5 Å². The van der Waals surface area contributed by atoms with Crippen molar-refractivity contribution in [3.05, 3.63) is 107 Å². The number of anilines is 2. The van der Waals surface area contributed by atoms with Gasteiger partial charge in [-0.2, -0.15) is 0 Å². The topological polar surface area (TPSA) is 108 Å². The number of benzene rings is 4. The average molecular weight is 579 g/mol. The maximum absolute atomic E-state index is 14.4. The van der Waals surface area contributed by atoms with Crippen molar-refractivity contribution >= 4 is 45.8 Å². The molecule has 220 valence electrons. The molecule has 5 rings (SSSR count). The van der Waals surface area contributed by atoms with Crippen LogP contribution < -0.4 is 20.4 Å². The number of para-hydroxylation sites is 2. The zero-order valence-electron chi connectivity index (χ0n) is 24.6. The molecule has 0 aliphatic carbocycles. The quantitative estimate of drug-likeness (QED) is 0.318. The minimum absolute atomic E-state index is 0.0827. The van der Waals surface area contributed by atoms with Crippen molar-refractivity contribution in [3.63, 3.8) is 0 Å². The van der Waals surface area contributed by atoms with E-state index in [9.17, 15) is 19.2 Å². The SMILES string of the molecule is CNC(C)C(=O)NC1CN(C(=O)c2ccc(C(=O)OC)cc2)c2ccccc2N(Cc2c(C)ccc3ccccc23)C1=O. The number of methoxy groups -OCH3 is 1. The second kappa shape index (κ2) is 12.5. The highest BCUT2D eigenvalue weighted by molar-refractivity contribution is 6.13. The zero-order chi connectivity index (χ0) is 30.7. The van der Waals surface area contributed by atoms with Crippen molar-refractivity contribution in [2.75, 3.05) is 30.5 Å². The molecule has 1 aliphatic heterocycles. The van der Waals surface area contributed by atoms with Gasteiger partial charge in [0, 0.05) is 5.56 Å². The highest BCUT2D eigenvalue weighted by Crippen LogP contribution is 2.36. The molecule has 9 nitrogen and oxygen atoms in total. The maximum atomic E-state index is 14.4. The Morgan fingerprint density at radius 1 is 0.907 bits per heavy atom. The van der Waals surface area contributed by atoms with Crippen LogP contribution in [0, 0.1) is 6.92 Å². The lowest BCUT2D eigenvalue weighted by Gasteiger charge is -2.27. The van der Waals surface area contributed by atoms with Gasteiger partial charge in [-0.3, -0.25) is 14.4 Å². The van der Waals surface area contributed by atoms with E-state index < -0.39 is 18.1 Å². The summed E-state index contributed by atoms with van der Waals surface area (Å²) >= 11 is 0. The molecule has 0 spiro atoms. The van der Waals surface area contributed by atoms with E-state index in [4.69, 9.17) is 4.74 Å². The van der Waals surface area contributed by atoms with E-state index in [-0.39, 0.29) is 30.8 Å². The van der Waals surface area contributed by atoms with Gasteiger partial charge in [0.1, 0.15) is 6.04 Å². The van der Waals surface area contributed by atoms with Gasteiger partial charge in [-0.05, 0) is 79.2 Å². The molecule has 2 N–H and O–H groups in total. The fourth-order valence-corrected chi connectivity index (χ4v) is 5.31. The molecular weight excluding hydrogens is 544 g/mol. The third-order valence-electron chi connectivity index (χ3n) is 7.92. The number of esters is 1. The van der Waals surface area contributed by atoms with Gasteiger partial charge in [-0.15, -0.1) is 0 Å². The first-order chi connectivity index (χ1) is 20.7. The predicted octanol–water partition coefficient (Wildman–Crippen LogP) is 4.22. The van der Waals surface area contributed by atoms with Crippen LogP contribution in [0.25, 0.3) is 10.8 Å². The van der Waals surface area contributed by atoms with Crippen LogP contribution in [-0.4, -0.2) is 56.5 Å². The largest absolute Gasteiger partial charge is 0.465 e. The lowest BCUT2D eigenvalue weighted by molar-refractivity contribution is -0.128. The number of carbonyl (C=O) groups is 4. The molecule has 4 aromatic rings. The fourth-order valence-electron chi connectivity index (χ4n) is 5.31. The summed E-state index contributed by atoms with van der Waals surface area (Å²) in [6, 6.07) is 23.9. The predicted molar refractivity (Wildman–Crippen MR) is 166 cm³/mol. The fraction of sp³-hybridized carbons (Fsp3) is 0.235. The van der Waals surface area contributed by atoms with Gasteiger partial charge in [-0.1, -0.05) is 48.5 Å². The number of carbonyl (C=O) groups excluding carboxylic acids is 4. The third-order valence-corrected chi connectivity index (χ3v) is 7.92. The Labute approximate surface area is 250 Å². The van der Waals surface area contributed by atoms with Crippen LogP contribution in [0.1, 0.15) is 38.8 Å². The minimum atomic E-state index is -1.02. The van der Waals surface area contributed by atoms with Gasteiger partial charge in [0.15, 0.2) is 0 Å². The summed E-state index contributed by atoms with van der Waals surface area (Å²) in [6.45, 7) is 3.87. The molecule has 4 aromatic carbocycles. The molecule has 0 saturated heterocycles. The van der Waals surface area contributed by atoms with E-state index in [0.717, 1.165) is 21.9 Å². The van der Waals surface area contributed by atoms with E-state index >= 15 is 0 Å².